The molecule has 0 aromatic heterocycles. The van der Waals surface area contributed by atoms with Crippen LogP contribution in [0.15, 0.2) is 0 Å². The highest BCUT2D eigenvalue weighted by Crippen LogP contribution is 2.11. The Morgan fingerprint density at radius 3 is 2.08 bits per heavy atom. The predicted octanol–water partition coefficient (Wildman–Crippen LogP) is 0.411. The number of carbonyl (C=O) groups is 4. The van der Waals surface area contributed by atoms with Gasteiger partial charge in [0.15, 0.2) is 0 Å². The average molecular weight is 355 g/mol. The fourth-order valence-corrected chi connectivity index (χ4v) is 2.75. The Hall–Kier alpha value is -2.12. The molecule has 3 amide bonds. The number of nitrogens with one attached hydrogen (secondary N) is 3. The summed E-state index contributed by atoms with van der Waals surface area (Å²) in [6.45, 7) is 7.57. The number of hydrogen-bond donors (Lipinski definition) is 4. The molecule has 0 spiro atoms. The predicted molar refractivity (Wildman–Crippen MR) is 91.6 cm³/mol. The van der Waals surface area contributed by atoms with E-state index in [-0.39, 0.29) is 24.2 Å². The van der Waals surface area contributed by atoms with Crippen LogP contribution in [0.25, 0.3) is 0 Å². The van der Waals surface area contributed by atoms with Gasteiger partial charge in [0.05, 0.1) is 0 Å². The van der Waals surface area contributed by atoms with Crippen molar-refractivity contribution >= 4 is 23.7 Å². The molecule has 1 aliphatic heterocycles. The van der Waals surface area contributed by atoms with Crippen LogP contribution in [0, 0.1) is 11.8 Å². The number of aliphatic carboxylic acids is 1. The van der Waals surface area contributed by atoms with Crippen molar-refractivity contribution in [2.45, 2.75) is 71.5 Å². The van der Waals surface area contributed by atoms with Crippen LogP contribution >= 0.6 is 0 Å². The van der Waals surface area contributed by atoms with E-state index in [2.05, 4.69) is 16.0 Å². The van der Waals surface area contributed by atoms with Crippen molar-refractivity contribution in [2.75, 3.05) is 0 Å². The molecule has 1 saturated heterocycles. The summed E-state index contributed by atoms with van der Waals surface area (Å²) in [5.41, 5.74) is 0. The molecule has 1 aliphatic rings. The number of rotatable bonds is 9. The van der Waals surface area contributed by atoms with Crippen LogP contribution in [-0.4, -0.2) is 46.9 Å². The van der Waals surface area contributed by atoms with Crippen LogP contribution < -0.4 is 16.0 Å². The van der Waals surface area contributed by atoms with E-state index in [4.69, 9.17) is 0 Å². The van der Waals surface area contributed by atoms with Gasteiger partial charge >= 0.3 is 5.97 Å². The van der Waals surface area contributed by atoms with Crippen LogP contribution in [0.4, 0.5) is 0 Å². The summed E-state index contributed by atoms with van der Waals surface area (Å²) in [6, 6.07) is -2.47. The first-order chi connectivity index (χ1) is 11.6. The minimum atomic E-state index is -1.10. The van der Waals surface area contributed by atoms with Crippen LogP contribution in [0.5, 0.6) is 0 Å². The van der Waals surface area contributed by atoms with Gasteiger partial charge in [0, 0.05) is 6.42 Å². The zero-order valence-corrected chi connectivity index (χ0v) is 15.3. The first-order valence-electron chi connectivity index (χ1n) is 8.73. The van der Waals surface area contributed by atoms with Gasteiger partial charge in [-0.1, -0.05) is 27.7 Å². The summed E-state index contributed by atoms with van der Waals surface area (Å²) in [6.07, 6.45) is 1.37. The van der Waals surface area contributed by atoms with Crippen LogP contribution in [-0.2, 0) is 19.2 Å². The Bertz CT molecular complexity index is 518. The van der Waals surface area contributed by atoms with Gasteiger partial charge in [-0.25, -0.2) is 4.79 Å². The summed E-state index contributed by atoms with van der Waals surface area (Å²) < 4.78 is 0. The Kier molecular flexibility index (Phi) is 7.86. The molecule has 4 N–H and O–H groups in total. The maximum atomic E-state index is 12.5. The fourth-order valence-electron chi connectivity index (χ4n) is 2.75. The molecule has 0 unspecified atom stereocenters. The van der Waals surface area contributed by atoms with Gasteiger partial charge in [-0.15, -0.1) is 0 Å². The molecular weight excluding hydrogens is 326 g/mol. The van der Waals surface area contributed by atoms with Crippen LogP contribution in [0.1, 0.15) is 53.4 Å². The van der Waals surface area contributed by atoms with Crippen molar-refractivity contribution in [3.63, 3.8) is 0 Å². The Labute approximate surface area is 148 Å². The summed E-state index contributed by atoms with van der Waals surface area (Å²) in [7, 11) is 0. The average Bonchev–Trinajstić information content (AvgIpc) is 2.91. The molecular formula is C17H29N3O5. The van der Waals surface area contributed by atoms with E-state index in [1.807, 2.05) is 27.7 Å². The molecule has 1 heterocycles. The third kappa shape index (κ3) is 7.11. The second-order valence-electron chi connectivity index (χ2n) is 7.38. The highest BCUT2D eigenvalue weighted by atomic mass is 16.4. The zero-order chi connectivity index (χ0) is 19.1. The van der Waals surface area contributed by atoms with E-state index in [0.717, 1.165) is 0 Å². The van der Waals surface area contributed by atoms with Gasteiger partial charge in [-0.05, 0) is 31.1 Å². The molecule has 0 aliphatic carbocycles. The van der Waals surface area contributed by atoms with E-state index in [1.54, 1.807) is 0 Å². The quantitative estimate of drug-likeness (QED) is 0.477. The van der Waals surface area contributed by atoms with Crippen molar-refractivity contribution in [1.29, 1.82) is 0 Å². The van der Waals surface area contributed by atoms with Gasteiger partial charge in [-0.2, -0.15) is 0 Å². The second-order valence-corrected chi connectivity index (χ2v) is 7.38. The van der Waals surface area contributed by atoms with E-state index in [0.29, 0.717) is 19.3 Å². The fraction of sp³-hybridized carbons (Fsp3) is 0.765. The lowest BCUT2D eigenvalue weighted by atomic mass is 10.00. The maximum Gasteiger partial charge on any atom is 0.326 e. The Morgan fingerprint density at radius 1 is 1.08 bits per heavy atom. The third-order valence-electron chi connectivity index (χ3n) is 3.97. The largest absolute Gasteiger partial charge is 0.480 e. The summed E-state index contributed by atoms with van der Waals surface area (Å²) in [4.78, 5) is 47.4. The highest BCUT2D eigenvalue weighted by Gasteiger charge is 2.32. The Morgan fingerprint density at radius 2 is 1.64 bits per heavy atom. The van der Waals surface area contributed by atoms with Gasteiger partial charge in [0.25, 0.3) is 0 Å². The number of carboxylic acids is 1. The van der Waals surface area contributed by atoms with Crippen molar-refractivity contribution < 1.29 is 24.3 Å². The molecule has 1 rings (SSSR count). The van der Waals surface area contributed by atoms with Gasteiger partial charge in [-0.3, -0.25) is 14.4 Å². The van der Waals surface area contributed by atoms with Crippen LogP contribution in [0.2, 0.25) is 0 Å². The topological polar surface area (TPSA) is 125 Å². The maximum absolute atomic E-state index is 12.5. The summed E-state index contributed by atoms with van der Waals surface area (Å²) in [5.74, 6) is -1.98. The number of hydrogen-bond acceptors (Lipinski definition) is 4. The first kappa shape index (κ1) is 20.9. The molecule has 0 aromatic carbocycles. The molecule has 0 bridgehead atoms. The molecule has 25 heavy (non-hydrogen) atoms. The van der Waals surface area contributed by atoms with E-state index < -0.39 is 35.9 Å². The molecule has 8 heteroatoms. The molecule has 0 aromatic rings. The van der Waals surface area contributed by atoms with Crippen molar-refractivity contribution in [1.82, 2.24) is 16.0 Å². The summed E-state index contributed by atoms with van der Waals surface area (Å²) in [5, 5.41) is 17.0. The second kappa shape index (κ2) is 9.39. The standard InChI is InChI=1S/C17H29N3O5/c1-9(2)7-12(19-15(22)11-5-6-14(21)18-11)16(23)20-13(17(24)25)8-10(3)4/h9-13H,5-8H2,1-4H3,(H,18,21)(H,19,22)(H,20,23)(H,24,25)/t11-,12-,13-/m0/s1. The monoisotopic (exact) mass is 355 g/mol. The van der Waals surface area contributed by atoms with Crippen molar-refractivity contribution in [3.05, 3.63) is 0 Å². The van der Waals surface area contributed by atoms with Crippen molar-refractivity contribution in [2.24, 2.45) is 11.8 Å². The first-order valence-corrected chi connectivity index (χ1v) is 8.73. The smallest absolute Gasteiger partial charge is 0.326 e. The van der Waals surface area contributed by atoms with Gasteiger partial charge in [0.2, 0.25) is 17.7 Å². The van der Waals surface area contributed by atoms with Crippen LogP contribution in [0.3, 0.4) is 0 Å². The van der Waals surface area contributed by atoms with Gasteiger partial charge < -0.3 is 21.1 Å². The van der Waals surface area contributed by atoms with E-state index >= 15 is 0 Å². The molecule has 142 valence electrons. The number of carbonyl (C=O) groups excluding carboxylic acids is 3. The normalized spacial score (nSPS) is 19.4. The Balaban J connectivity index is 2.75. The van der Waals surface area contributed by atoms with Gasteiger partial charge in [0.1, 0.15) is 18.1 Å². The molecule has 0 radical (unpaired) electrons. The lowest BCUT2D eigenvalue weighted by molar-refractivity contribution is -0.142. The van der Waals surface area contributed by atoms with E-state index in [9.17, 15) is 24.3 Å². The highest BCUT2D eigenvalue weighted by molar-refractivity contribution is 5.94. The zero-order valence-electron chi connectivity index (χ0n) is 15.3. The molecule has 0 saturated carbocycles. The lowest BCUT2D eigenvalue weighted by Crippen LogP contribution is -2.55. The van der Waals surface area contributed by atoms with Crippen molar-refractivity contribution in [3.8, 4) is 0 Å². The third-order valence-corrected chi connectivity index (χ3v) is 3.97. The van der Waals surface area contributed by atoms with E-state index in [1.165, 1.54) is 0 Å². The molecule has 3 atom stereocenters. The molecule has 8 nitrogen and oxygen atoms in total. The number of carboxylic acid groups (broad SMARTS) is 1. The summed E-state index contributed by atoms with van der Waals surface area (Å²) >= 11 is 0. The lowest BCUT2D eigenvalue weighted by Gasteiger charge is -2.24. The minimum absolute atomic E-state index is 0.105. The SMILES string of the molecule is CC(C)C[C@H](NC(=O)[C@H](CC(C)C)NC(=O)[C@@H]1CCC(=O)N1)C(=O)O. The molecule has 1 fully saturated rings. The number of amides is 3. The minimum Gasteiger partial charge on any atom is -0.480 e.